The fourth-order valence-corrected chi connectivity index (χ4v) is 3.24. The first kappa shape index (κ1) is 12.4. The van der Waals surface area contributed by atoms with Gasteiger partial charge < -0.3 is 14.8 Å². The Bertz CT molecular complexity index is 611. The Morgan fingerprint density at radius 1 is 1.63 bits per heavy atom. The molecule has 1 fully saturated rings. The van der Waals surface area contributed by atoms with Crippen LogP contribution in [0.2, 0.25) is 0 Å². The maximum absolute atomic E-state index is 10.8. The van der Waals surface area contributed by atoms with Crippen molar-refractivity contribution >= 4 is 17.3 Å². The lowest BCUT2D eigenvalue weighted by Gasteiger charge is -2.19. The highest BCUT2D eigenvalue weighted by Gasteiger charge is 2.34. The van der Waals surface area contributed by atoms with E-state index < -0.39 is 5.97 Å². The lowest BCUT2D eigenvalue weighted by molar-refractivity contribution is 0.0167. The van der Waals surface area contributed by atoms with E-state index in [1.807, 2.05) is 5.38 Å². The van der Waals surface area contributed by atoms with E-state index in [1.54, 1.807) is 23.6 Å². The molecule has 1 unspecified atom stereocenters. The first-order valence-corrected chi connectivity index (χ1v) is 6.98. The van der Waals surface area contributed by atoms with Crippen molar-refractivity contribution in [3.8, 4) is 11.3 Å². The molecule has 19 heavy (non-hydrogen) atoms. The second-order valence-electron chi connectivity index (χ2n) is 4.83. The van der Waals surface area contributed by atoms with Crippen LogP contribution in [0.5, 0.6) is 0 Å². The zero-order valence-electron chi connectivity index (χ0n) is 10.5. The van der Waals surface area contributed by atoms with Gasteiger partial charge in [-0.15, -0.1) is 11.3 Å². The fourth-order valence-electron chi connectivity index (χ4n) is 2.26. The van der Waals surface area contributed by atoms with Gasteiger partial charge in [0, 0.05) is 23.7 Å². The second-order valence-corrected chi connectivity index (χ2v) is 5.69. The predicted octanol–water partition coefficient (Wildman–Crippen LogP) is 2.86. The smallest absolute Gasteiger partial charge is 0.352 e. The SMILES string of the molecule is CC1(c2nc(-c3c[nH]c(C(=O)O)c3)cs2)CCCO1. The number of aromatic nitrogens is 2. The molecule has 3 rings (SSSR count). The zero-order valence-corrected chi connectivity index (χ0v) is 11.3. The highest BCUT2D eigenvalue weighted by Crippen LogP contribution is 2.38. The van der Waals surface area contributed by atoms with Crippen molar-refractivity contribution in [2.45, 2.75) is 25.4 Å². The molecule has 6 heteroatoms. The molecule has 2 aromatic heterocycles. The van der Waals surface area contributed by atoms with E-state index in [2.05, 4.69) is 16.9 Å². The summed E-state index contributed by atoms with van der Waals surface area (Å²) in [6, 6.07) is 1.60. The minimum absolute atomic E-state index is 0.174. The molecule has 0 saturated carbocycles. The highest BCUT2D eigenvalue weighted by molar-refractivity contribution is 7.10. The van der Waals surface area contributed by atoms with E-state index in [4.69, 9.17) is 9.84 Å². The number of hydrogen-bond acceptors (Lipinski definition) is 4. The number of carboxylic acids is 1. The maximum atomic E-state index is 10.8. The molecular formula is C13H14N2O3S. The number of H-pyrrole nitrogens is 1. The third-order valence-corrected chi connectivity index (χ3v) is 4.47. The van der Waals surface area contributed by atoms with Crippen molar-refractivity contribution in [1.29, 1.82) is 0 Å². The number of nitrogens with one attached hydrogen (secondary N) is 1. The van der Waals surface area contributed by atoms with Gasteiger partial charge in [0.25, 0.3) is 0 Å². The lowest BCUT2D eigenvalue weighted by Crippen LogP contribution is -2.19. The van der Waals surface area contributed by atoms with Crippen LogP contribution < -0.4 is 0 Å². The van der Waals surface area contributed by atoms with Gasteiger partial charge >= 0.3 is 5.97 Å². The van der Waals surface area contributed by atoms with Gasteiger partial charge in [-0.2, -0.15) is 0 Å². The van der Waals surface area contributed by atoms with Gasteiger partial charge in [0.15, 0.2) is 0 Å². The van der Waals surface area contributed by atoms with E-state index in [0.717, 1.165) is 35.7 Å². The van der Waals surface area contributed by atoms with Gasteiger partial charge in [-0.3, -0.25) is 0 Å². The Morgan fingerprint density at radius 2 is 2.47 bits per heavy atom. The Balaban J connectivity index is 1.90. The molecule has 0 aromatic carbocycles. The Kier molecular flexibility index (Phi) is 2.91. The molecule has 1 aliphatic heterocycles. The van der Waals surface area contributed by atoms with Crippen molar-refractivity contribution in [2.24, 2.45) is 0 Å². The molecule has 0 bridgehead atoms. The van der Waals surface area contributed by atoms with Crippen LogP contribution in [0.25, 0.3) is 11.3 Å². The van der Waals surface area contributed by atoms with Crippen LogP contribution >= 0.6 is 11.3 Å². The summed E-state index contributed by atoms with van der Waals surface area (Å²) >= 11 is 1.56. The number of thiazole rings is 1. The number of ether oxygens (including phenoxy) is 1. The summed E-state index contributed by atoms with van der Waals surface area (Å²) in [6.07, 6.45) is 3.70. The maximum Gasteiger partial charge on any atom is 0.352 e. The summed E-state index contributed by atoms with van der Waals surface area (Å²) in [5, 5.41) is 11.8. The molecule has 3 heterocycles. The van der Waals surface area contributed by atoms with Crippen LogP contribution in [0.4, 0.5) is 0 Å². The number of hydrogen-bond donors (Lipinski definition) is 2. The third-order valence-electron chi connectivity index (χ3n) is 3.38. The summed E-state index contributed by atoms with van der Waals surface area (Å²) in [7, 11) is 0. The van der Waals surface area contributed by atoms with Gasteiger partial charge in [-0.25, -0.2) is 9.78 Å². The summed E-state index contributed by atoms with van der Waals surface area (Å²) < 4.78 is 5.77. The standard InChI is InChI=1S/C13H14N2O3S/c1-13(3-2-4-18-13)12-15-10(7-19-12)8-5-9(11(16)17)14-6-8/h5-7,14H,2-4H2,1H3,(H,16,17). The molecule has 1 saturated heterocycles. The normalized spacial score (nSPS) is 22.8. The van der Waals surface area contributed by atoms with Gasteiger partial charge in [-0.1, -0.05) is 0 Å². The third kappa shape index (κ3) is 2.17. The highest BCUT2D eigenvalue weighted by atomic mass is 32.1. The first-order valence-electron chi connectivity index (χ1n) is 6.10. The number of carboxylic acid groups (broad SMARTS) is 1. The molecule has 0 radical (unpaired) electrons. The van der Waals surface area contributed by atoms with E-state index in [-0.39, 0.29) is 11.3 Å². The van der Waals surface area contributed by atoms with Crippen molar-refractivity contribution in [3.05, 3.63) is 28.3 Å². The van der Waals surface area contributed by atoms with E-state index >= 15 is 0 Å². The van der Waals surface area contributed by atoms with Gasteiger partial charge in [0.2, 0.25) is 0 Å². The minimum Gasteiger partial charge on any atom is -0.477 e. The molecule has 1 atom stereocenters. The number of aromatic carboxylic acids is 1. The van der Waals surface area contributed by atoms with E-state index in [1.165, 1.54) is 0 Å². The Labute approximate surface area is 114 Å². The molecule has 2 aromatic rings. The van der Waals surface area contributed by atoms with Crippen molar-refractivity contribution in [3.63, 3.8) is 0 Å². The van der Waals surface area contributed by atoms with E-state index in [0.29, 0.717) is 0 Å². The monoisotopic (exact) mass is 278 g/mol. The zero-order chi connectivity index (χ0) is 13.5. The molecule has 1 aliphatic rings. The molecule has 0 spiro atoms. The van der Waals surface area contributed by atoms with Crippen molar-refractivity contribution in [2.75, 3.05) is 6.61 Å². The Hall–Kier alpha value is -1.66. The lowest BCUT2D eigenvalue weighted by atomic mass is 10.0. The summed E-state index contributed by atoms with van der Waals surface area (Å²) in [5.74, 6) is -0.965. The fraction of sp³-hybridized carbons (Fsp3) is 0.385. The molecule has 5 nitrogen and oxygen atoms in total. The average molecular weight is 278 g/mol. The quantitative estimate of drug-likeness (QED) is 0.905. The second kappa shape index (κ2) is 4.47. The predicted molar refractivity (Wildman–Crippen MR) is 71.4 cm³/mol. The van der Waals surface area contributed by atoms with Gasteiger partial charge in [0.1, 0.15) is 16.3 Å². The largest absolute Gasteiger partial charge is 0.477 e. The first-order chi connectivity index (χ1) is 9.08. The molecular weight excluding hydrogens is 264 g/mol. The van der Waals surface area contributed by atoms with Crippen LogP contribution in [-0.4, -0.2) is 27.7 Å². The van der Waals surface area contributed by atoms with E-state index in [9.17, 15) is 4.79 Å². The Morgan fingerprint density at radius 3 is 3.11 bits per heavy atom. The summed E-state index contributed by atoms with van der Waals surface area (Å²) in [5.41, 5.74) is 1.48. The molecule has 0 amide bonds. The van der Waals surface area contributed by atoms with Crippen molar-refractivity contribution in [1.82, 2.24) is 9.97 Å². The van der Waals surface area contributed by atoms with Crippen LogP contribution in [0.15, 0.2) is 17.6 Å². The number of carbonyl (C=O) groups is 1. The van der Waals surface area contributed by atoms with Crippen LogP contribution in [0.3, 0.4) is 0 Å². The van der Waals surface area contributed by atoms with Crippen LogP contribution in [-0.2, 0) is 10.3 Å². The van der Waals surface area contributed by atoms with Gasteiger partial charge in [0.05, 0.1) is 5.69 Å². The number of nitrogens with zero attached hydrogens (tertiary/aromatic N) is 1. The average Bonchev–Trinajstić information content (AvgIpc) is 3.08. The number of rotatable bonds is 3. The molecule has 100 valence electrons. The summed E-state index contributed by atoms with van der Waals surface area (Å²) in [4.78, 5) is 18.2. The molecule has 0 aliphatic carbocycles. The van der Waals surface area contributed by atoms with Gasteiger partial charge in [-0.05, 0) is 25.8 Å². The van der Waals surface area contributed by atoms with Crippen LogP contribution in [0.1, 0.15) is 35.3 Å². The summed E-state index contributed by atoms with van der Waals surface area (Å²) in [6.45, 7) is 2.83. The topological polar surface area (TPSA) is 75.2 Å². The molecule has 2 N–H and O–H groups in total. The number of aromatic amines is 1. The van der Waals surface area contributed by atoms with Crippen molar-refractivity contribution < 1.29 is 14.6 Å². The minimum atomic E-state index is -0.965. The van der Waals surface area contributed by atoms with Crippen LogP contribution in [0, 0.1) is 0 Å².